The molecule has 3 aliphatic rings. The third-order valence-corrected chi connectivity index (χ3v) is 10.5. The first-order valence-corrected chi connectivity index (χ1v) is 15.0. The van der Waals surface area contributed by atoms with Gasteiger partial charge in [-0.1, -0.05) is 13.0 Å². The van der Waals surface area contributed by atoms with E-state index in [9.17, 15) is 19.1 Å². The number of aliphatic hydroxyl groups excluding tert-OH is 1. The van der Waals surface area contributed by atoms with Gasteiger partial charge in [0, 0.05) is 13.1 Å². The molecule has 0 bridgehead atoms. The van der Waals surface area contributed by atoms with E-state index in [1.165, 1.54) is 23.9 Å². The fourth-order valence-corrected chi connectivity index (χ4v) is 7.94. The fraction of sp³-hybridized carbons (Fsp3) is 0.632. The zero-order valence-corrected chi connectivity index (χ0v) is 21.1. The lowest BCUT2D eigenvalue weighted by atomic mass is 10.0. The highest BCUT2D eigenvalue weighted by Crippen LogP contribution is 2.55. The van der Waals surface area contributed by atoms with Gasteiger partial charge in [0.1, 0.15) is 18.0 Å². The van der Waals surface area contributed by atoms with Crippen LogP contribution < -0.4 is 4.90 Å². The largest absolute Gasteiger partial charge is 0.384 e. The Morgan fingerprint density at radius 1 is 1.20 bits per heavy atom. The molecule has 4 heterocycles. The van der Waals surface area contributed by atoms with Crippen molar-refractivity contribution in [1.29, 1.82) is 0 Å². The highest BCUT2D eigenvalue weighted by Gasteiger charge is 2.43. The molecule has 0 amide bonds. The van der Waals surface area contributed by atoms with Crippen molar-refractivity contribution in [2.75, 3.05) is 30.5 Å². The van der Waals surface area contributed by atoms with Crippen LogP contribution in [0.4, 0.5) is 5.82 Å². The Balaban J connectivity index is 1.37. The first-order chi connectivity index (χ1) is 16.4. The van der Waals surface area contributed by atoms with Crippen molar-refractivity contribution in [3.63, 3.8) is 0 Å². The first-order valence-electron chi connectivity index (χ1n) is 11.1. The van der Waals surface area contributed by atoms with Crippen molar-refractivity contribution in [3.05, 3.63) is 23.6 Å². The molecule has 192 valence electrons. The van der Waals surface area contributed by atoms with E-state index in [2.05, 4.69) is 26.5 Å². The van der Waals surface area contributed by atoms with Gasteiger partial charge in [0.05, 0.1) is 18.2 Å². The van der Waals surface area contributed by atoms with Crippen LogP contribution in [-0.4, -0.2) is 77.3 Å². The summed E-state index contributed by atoms with van der Waals surface area (Å²) in [6.07, 6.45) is 1.87. The van der Waals surface area contributed by atoms with Crippen LogP contribution in [0, 0.1) is 11.8 Å². The molecule has 35 heavy (non-hydrogen) atoms. The smallest absolute Gasteiger partial charge is 0.340 e. The average Bonchev–Trinajstić information content (AvgIpc) is 3.49. The molecule has 1 saturated carbocycles. The number of ether oxygens (including phenoxy) is 1. The number of hydrogen-bond donors (Lipinski definition) is 4. The van der Waals surface area contributed by atoms with Crippen LogP contribution in [0.5, 0.6) is 0 Å². The molecule has 2 aromatic rings. The quantitative estimate of drug-likeness (QED) is 0.224. The Labute approximate surface area is 205 Å². The molecular weight excluding hydrogens is 524 g/mol. The van der Waals surface area contributed by atoms with Crippen molar-refractivity contribution in [2.45, 2.75) is 37.7 Å². The highest BCUT2D eigenvalue weighted by atomic mass is 35.5. The molecule has 4 N–H and O–H groups in total. The van der Waals surface area contributed by atoms with Crippen molar-refractivity contribution < 1.29 is 38.2 Å². The molecule has 3 fully saturated rings. The number of fused-ring (bicyclic) bond motifs is 2. The third-order valence-electron chi connectivity index (χ3n) is 6.83. The molecule has 1 unspecified atom stereocenters. The topological polar surface area (TPSA) is 180 Å². The number of hydrogen-bond acceptors (Lipinski definition) is 9. The lowest BCUT2D eigenvalue weighted by Gasteiger charge is -2.20. The molecule has 6 atom stereocenters. The first kappa shape index (κ1) is 25.3. The van der Waals surface area contributed by atoms with E-state index in [-0.39, 0.29) is 10.9 Å². The molecule has 16 heteroatoms. The number of aromatic nitrogens is 4. The van der Waals surface area contributed by atoms with E-state index < -0.39 is 46.1 Å². The molecule has 0 radical (unpaired) electrons. The van der Waals surface area contributed by atoms with Crippen LogP contribution in [0.15, 0.2) is 18.3 Å². The zero-order chi connectivity index (χ0) is 25.1. The van der Waals surface area contributed by atoms with Crippen molar-refractivity contribution in [2.24, 2.45) is 11.8 Å². The summed E-state index contributed by atoms with van der Waals surface area (Å²) in [4.78, 5) is 38.6. The minimum atomic E-state index is -4.78. The lowest BCUT2D eigenvalue weighted by Crippen LogP contribution is -2.23. The summed E-state index contributed by atoms with van der Waals surface area (Å²) in [6.45, 7) is 4.99. The second-order valence-electron chi connectivity index (χ2n) is 9.27. The third kappa shape index (κ3) is 5.07. The summed E-state index contributed by atoms with van der Waals surface area (Å²) in [5.41, 5.74) is 0.507. The number of nitrogens with zero attached hydrogens (tertiary/aromatic N) is 5. The van der Waals surface area contributed by atoms with Gasteiger partial charge in [-0.2, -0.15) is 15.1 Å². The predicted molar refractivity (Wildman–Crippen MR) is 125 cm³/mol. The normalized spacial score (nSPS) is 30.8. The molecule has 0 spiro atoms. The van der Waals surface area contributed by atoms with E-state index in [0.717, 1.165) is 13.1 Å². The second-order valence-corrected chi connectivity index (χ2v) is 13.6. The Hall–Kier alpha value is -1.40. The monoisotopic (exact) mass is 549 g/mol. The summed E-state index contributed by atoms with van der Waals surface area (Å²) in [7, 11) is -9.37. The van der Waals surface area contributed by atoms with Gasteiger partial charge in [-0.05, 0) is 41.9 Å². The van der Waals surface area contributed by atoms with Crippen molar-refractivity contribution >= 4 is 43.6 Å². The number of rotatable bonds is 7. The van der Waals surface area contributed by atoms with Gasteiger partial charge in [0.15, 0.2) is 17.8 Å². The molecule has 0 aromatic carbocycles. The Morgan fingerprint density at radius 3 is 2.54 bits per heavy atom. The van der Waals surface area contributed by atoms with Gasteiger partial charge in [0.2, 0.25) is 5.28 Å². The van der Waals surface area contributed by atoms with Crippen LogP contribution >= 0.6 is 26.8 Å². The SMILES string of the molecule is C=C1[C@@H](O)[C@H](n2ncc3c(N4C[C@H]5CCC[C@H]5C4)nc(Cl)nc32)O[C@@H]1COP(=O)(O)CP(=O)(O)O. The van der Waals surface area contributed by atoms with Gasteiger partial charge in [-0.15, -0.1) is 0 Å². The standard InChI is InChI=1S/C19H26ClN5O8P2/c1-10-14(8-32-35(30,31)9-34(27,28)29)33-18(15(10)26)25-17-13(5-21-25)16(22-19(20)23-17)24-6-11-3-2-4-12(11)7-24/h5,11-12,14-15,18,26H,1-4,6-9H2,(H,30,31)(H2,27,28,29)/t11-,12+,14-,15-,18-/m1/s1. The summed E-state index contributed by atoms with van der Waals surface area (Å²) in [6, 6.07) is 0. The Kier molecular flexibility index (Phi) is 6.61. The van der Waals surface area contributed by atoms with E-state index in [1.807, 2.05) is 0 Å². The zero-order valence-electron chi connectivity index (χ0n) is 18.6. The molecule has 5 rings (SSSR count). The highest BCUT2D eigenvalue weighted by molar-refractivity contribution is 7.70. The summed E-state index contributed by atoms with van der Waals surface area (Å²) in [5, 5.41) is 15.8. The maximum Gasteiger partial charge on any atom is 0.340 e. The van der Waals surface area contributed by atoms with Crippen molar-refractivity contribution in [3.8, 4) is 0 Å². The molecule has 2 aromatic heterocycles. The molecular formula is C19H26ClN5O8P2. The van der Waals surface area contributed by atoms with Crippen LogP contribution in [0.1, 0.15) is 25.5 Å². The maximum absolute atomic E-state index is 12.0. The van der Waals surface area contributed by atoms with Gasteiger partial charge in [0.25, 0.3) is 0 Å². The molecule has 13 nitrogen and oxygen atoms in total. The summed E-state index contributed by atoms with van der Waals surface area (Å²) in [5.74, 6) is 0.605. The van der Waals surface area contributed by atoms with E-state index in [4.69, 9.17) is 30.6 Å². The predicted octanol–water partition coefficient (Wildman–Crippen LogP) is 1.87. The van der Waals surface area contributed by atoms with Crippen molar-refractivity contribution in [1.82, 2.24) is 19.7 Å². The molecule has 2 saturated heterocycles. The Bertz CT molecular complexity index is 1240. The van der Waals surface area contributed by atoms with E-state index in [0.29, 0.717) is 28.7 Å². The molecule has 1 aliphatic carbocycles. The lowest BCUT2D eigenvalue weighted by molar-refractivity contribution is -0.0526. The van der Waals surface area contributed by atoms with Gasteiger partial charge >= 0.3 is 15.2 Å². The minimum absolute atomic E-state index is 0.0242. The average molecular weight is 550 g/mol. The van der Waals surface area contributed by atoms with Crippen LogP contribution in [0.3, 0.4) is 0 Å². The maximum atomic E-state index is 12.0. The number of aliphatic hydroxyl groups is 1. The van der Waals surface area contributed by atoms with Gasteiger partial charge in [-0.25, -0.2) is 4.68 Å². The Morgan fingerprint density at radius 2 is 1.89 bits per heavy atom. The van der Waals surface area contributed by atoms with Gasteiger partial charge < -0.3 is 33.9 Å². The van der Waals surface area contributed by atoms with E-state index in [1.54, 1.807) is 6.20 Å². The van der Waals surface area contributed by atoms with Gasteiger partial charge in [-0.3, -0.25) is 9.13 Å². The van der Waals surface area contributed by atoms with Crippen LogP contribution in [0.2, 0.25) is 5.28 Å². The minimum Gasteiger partial charge on any atom is -0.384 e. The summed E-state index contributed by atoms with van der Waals surface area (Å²) >= 11 is 6.25. The van der Waals surface area contributed by atoms with Crippen LogP contribution in [0.25, 0.3) is 11.0 Å². The second kappa shape index (κ2) is 9.16. The van der Waals surface area contributed by atoms with Crippen LogP contribution in [-0.2, 0) is 18.4 Å². The number of halogens is 1. The van der Waals surface area contributed by atoms with E-state index >= 15 is 0 Å². The summed E-state index contributed by atoms with van der Waals surface area (Å²) < 4.78 is 35.0. The fourth-order valence-electron chi connectivity index (χ4n) is 5.22. The molecule has 2 aliphatic heterocycles. The number of anilines is 1.